The Hall–Kier alpha value is -2.15. The normalized spacial score (nSPS) is 18.7. The van der Waals surface area contributed by atoms with E-state index in [1.54, 1.807) is 24.1 Å². The van der Waals surface area contributed by atoms with Crippen molar-refractivity contribution in [2.75, 3.05) is 32.1 Å². The highest BCUT2D eigenvalue weighted by Gasteiger charge is 2.24. The van der Waals surface area contributed by atoms with Crippen molar-refractivity contribution in [2.24, 2.45) is 0 Å². The molecule has 1 unspecified atom stereocenters. The Morgan fingerprint density at radius 1 is 1.55 bits per heavy atom. The third-order valence-corrected chi connectivity index (χ3v) is 3.24. The summed E-state index contributed by atoms with van der Waals surface area (Å²) < 4.78 is 5.38. The van der Waals surface area contributed by atoms with E-state index in [-0.39, 0.29) is 17.7 Å². The molecular formula is C13H17N3O4. The lowest BCUT2D eigenvalue weighted by Crippen LogP contribution is -2.44. The second-order valence-electron chi connectivity index (χ2n) is 4.67. The van der Waals surface area contributed by atoms with E-state index in [0.29, 0.717) is 30.9 Å². The minimum absolute atomic E-state index is 0.0146. The molecule has 1 atom stereocenters. The van der Waals surface area contributed by atoms with Gasteiger partial charge in [0.2, 0.25) is 0 Å². The van der Waals surface area contributed by atoms with Gasteiger partial charge in [0.1, 0.15) is 5.69 Å². The number of rotatable bonds is 3. The highest BCUT2D eigenvalue weighted by Crippen LogP contribution is 2.25. The molecule has 0 radical (unpaired) electrons. The summed E-state index contributed by atoms with van der Waals surface area (Å²) in [6, 6.07) is 4.46. The van der Waals surface area contributed by atoms with Gasteiger partial charge in [-0.1, -0.05) is 0 Å². The van der Waals surface area contributed by atoms with Crippen LogP contribution in [0.5, 0.6) is 0 Å². The highest BCUT2D eigenvalue weighted by molar-refractivity contribution is 5.95. The van der Waals surface area contributed by atoms with Crippen molar-refractivity contribution in [3.05, 3.63) is 33.9 Å². The van der Waals surface area contributed by atoms with Crippen LogP contribution in [-0.2, 0) is 4.74 Å². The number of nitro benzene ring substituents is 1. The predicted molar refractivity (Wildman–Crippen MR) is 74.0 cm³/mol. The number of nitrogens with zero attached hydrogens (tertiary/aromatic N) is 2. The molecule has 2 rings (SSSR count). The van der Waals surface area contributed by atoms with E-state index in [2.05, 4.69) is 5.32 Å². The summed E-state index contributed by atoms with van der Waals surface area (Å²) in [5, 5.41) is 13.7. The number of hydrogen-bond acceptors (Lipinski definition) is 5. The van der Waals surface area contributed by atoms with E-state index in [4.69, 9.17) is 4.74 Å². The average molecular weight is 279 g/mol. The van der Waals surface area contributed by atoms with Gasteiger partial charge in [-0.05, 0) is 19.1 Å². The molecule has 0 aromatic heterocycles. The minimum atomic E-state index is -0.495. The van der Waals surface area contributed by atoms with Gasteiger partial charge in [0.25, 0.3) is 11.6 Å². The molecule has 0 bridgehead atoms. The van der Waals surface area contributed by atoms with Crippen molar-refractivity contribution < 1.29 is 14.5 Å². The molecule has 108 valence electrons. The molecule has 0 aliphatic carbocycles. The Bertz CT molecular complexity index is 532. The maximum atomic E-state index is 12.3. The second-order valence-corrected chi connectivity index (χ2v) is 4.67. The van der Waals surface area contributed by atoms with Crippen LogP contribution >= 0.6 is 0 Å². The summed E-state index contributed by atoms with van der Waals surface area (Å²) in [6.07, 6.45) is -0.0146. The molecule has 1 aromatic rings. The lowest BCUT2D eigenvalue weighted by molar-refractivity contribution is -0.384. The van der Waals surface area contributed by atoms with Crippen LogP contribution in [0.3, 0.4) is 0 Å². The summed E-state index contributed by atoms with van der Waals surface area (Å²) in [5.41, 5.74) is 0.617. The van der Waals surface area contributed by atoms with Gasteiger partial charge in [-0.3, -0.25) is 14.9 Å². The summed E-state index contributed by atoms with van der Waals surface area (Å²) >= 11 is 0. The fourth-order valence-electron chi connectivity index (χ4n) is 2.21. The zero-order chi connectivity index (χ0) is 14.7. The standard InChI is InChI=1S/C13H17N3O4/c1-9-8-15(5-6-20-9)13(17)10-3-4-11(14-2)12(7-10)16(18)19/h3-4,7,9,14H,5-6,8H2,1-2H3. The van der Waals surface area contributed by atoms with E-state index in [0.717, 1.165) is 0 Å². The SMILES string of the molecule is CNc1ccc(C(=O)N2CCOC(C)C2)cc1[N+](=O)[O-]. The van der Waals surface area contributed by atoms with Crippen molar-refractivity contribution >= 4 is 17.3 Å². The van der Waals surface area contributed by atoms with Crippen LogP contribution in [-0.4, -0.2) is 48.6 Å². The Kier molecular flexibility index (Phi) is 4.19. The van der Waals surface area contributed by atoms with E-state index >= 15 is 0 Å². The zero-order valence-electron chi connectivity index (χ0n) is 11.5. The fourth-order valence-corrected chi connectivity index (χ4v) is 2.21. The number of ether oxygens (including phenoxy) is 1. The molecule has 1 saturated heterocycles. The number of nitro groups is 1. The Balaban J connectivity index is 2.26. The Morgan fingerprint density at radius 3 is 2.90 bits per heavy atom. The number of nitrogens with one attached hydrogen (secondary N) is 1. The molecule has 0 spiro atoms. The van der Waals surface area contributed by atoms with Gasteiger partial charge < -0.3 is 15.0 Å². The van der Waals surface area contributed by atoms with Gasteiger partial charge in [0.15, 0.2) is 0 Å². The summed E-state index contributed by atoms with van der Waals surface area (Å²) in [6.45, 7) is 3.39. The van der Waals surface area contributed by atoms with Gasteiger partial charge >= 0.3 is 0 Å². The summed E-state index contributed by atoms with van der Waals surface area (Å²) in [5.74, 6) is -0.203. The predicted octanol–water partition coefficient (Wildman–Crippen LogP) is 1.50. The molecule has 1 aromatic carbocycles. The molecule has 0 saturated carbocycles. The summed E-state index contributed by atoms with van der Waals surface area (Å²) in [4.78, 5) is 24.5. The average Bonchev–Trinajstić information content (AvgIpc) is 2.45. The zero-order valence-corrected chi connectivity index (χ0v) is 11.5. The third kappa shape index (κ3) is 2.88. The van der Waals surface area contributed by atoms with Crippen LogP contribution < -0.4 is 5.32 Å². The lowest BCUT2D eigenvalue weighted by Gasteiger charge is -2.31. The number of hydrogen-bond donors (Lipinski definition) is 1. The van der Waals surface area contributed by atoms with E-state index in [9.17, 15) is 14.9 Å². The topological polar surface area (TPSA) is 84.7 Å². The highest BCUT2D eigenvalue weighted by atomic mass is 16.6. The minimum Gasteiger partial charge on any atom is -0.383 e. The Labute approximate surface area is 116 Å². The van der Waals surface area contributed by atoms with Crippen LogP contribution in [0.4, 0.5) is 11.4 Å². The molecule has 1 heterocycles. The lowest BCUT2D eigenvalue weighted by atomic mass is 10.1. The van der Waals surface area contributed by atoms with Crippen molar-refractivity contribution in [1.29, 1.82) is 0 Å². The molecule has 1 amide bonds. The number of anilines is 1. The molecule has 1 N–H and O–H groups in total. The fraction of sp³-hybridized carbons (Fsp3) is 0.462. The van der Waals surface area contributed by atoms with Crippen molar-refractivity contribution in [3.63, 3.8) is 0 Å². The Morgan fingerprint density at radius 2 is 2.30 bits per heavy atom. The first-order chi connectivity index (χ1) is 9.52. The van der Waals surface area contributed by atoms with Crippen LogP contribution in [0.25, 0.3) is 0 Å². The maximum Gasteiger partial charge on any atom is 0.293 e. The third-order valence-electron chi connectivity index (χ3n) is 3.24. The first kappa shape index (κ1) is 14.3. The van der Waals surface area contributed by atoms with Gasteiger partial charge in [-0.25, -0.2) is 0 Å². The number of morpholine rings is 1. The number of carbonyl (C=O) groups excluding carboxylic acids is 1. The number of benzene rings is 1. The van der Waals surface area contributed by atoms with Crippen molar-refractivity contribution in [1.82, 2.24) is 4.90 Å². The molecule has 7 nitrogen and oxygen atoms in total. The van der Waals surface area contributed by atoms with E-state index in [1.165, 1.54) is 6.07 Å². The van der Waals surface area contributed by atoms with Gasteiger partial charge in [0, 0.05) is 31.8 Å². The largest absolute Gasteiger partial charge is 0.383 e. The van der Waals surface area contributed by atoms with Crippen LogP contribution in [0.15, 0.2) is 18.2 Å². The molecule has 20 heavy (non-hydrogen) atoms. The van der Waals surface area contributed by atoms with Gasteiger partial charge in [-0.15, -0.1) is 0 Å². The van der Waals surface area contributed by atoms with Gasteiger partial charge in [0.05, 0.1) is 17.6 Å². The number of amides is 1. The molecule has 7 heteroatoms. The summed E-state index contributed by atoms with van der Waals surface area (Å²) in [7, 11) is 1.60. The monoisotopic (exact) mass is 279 g/mol. The van der Waals surface area contributed by atoms with Crippen LogP contribution in [0.2, 0.25) is 0 Å². The smallest absolute Gasteiger partial charge is 0.293 e. The van der Waals surface area contributed by atoms with E-state index < -0.39 is 4.92 Å². The second kappa shape index (κ2) is 5.87. The van der Waals surface area contributed by atoms with E-state index in [1.807, 2.05) is 6.92 Å². The van der Waals surface area contributed by atoms with Crippen LogP contribution in [0.1, 0.15) is 17.3 Å². The van der Waals surface area contributed by atoms with Crippen molar-refractivity contribution in [2.45, 2.75) is 13.0 Å². The molecule has 1 aliphatic heterocycles. The van der Waals surface area contributed by atoms with Gasteiger partial charge in [-0.2, -0.15) is 0 Å². The first-order valence-corrected chi connectivity index (χ1v) is 6.40. The number of carbonyl (C=O) groups is 1. The van der Waals surface area contributed by atoms with Crippen LogP contribution in [0, 0.1) is 10.1 Å². The molecule has 1 fully saturated rings. The quantitative estimate of drug-likeness (QED) is 0.669. The molecular weight excluding hydrogens is 262 g/mol. The molecule has 1 aliphatic rings. The maximum absolute atomic E-state index is 12.3. The first-order valence-electron chi connectivity index (χ1n) is 6.40. The van der Waals surface area contributed by atoms with Crippen molar-refractivity contribution in [3.8, 4) is 0 Å².